The summed E-state index contributed by atoms with van der Waals surface area (Å²) >= 11 is 2.88. The SMILES string of the molecule is O=C([C@H]1CCc2c(sc3ncnc(Nc4ccc5[nH]c(=O)sc5c4)c23)C1)N1CC2(COC2)C1. The Bertz CT molecular complexity index is 1480. The largest absolute Gasteiger partial charge is 0.380 e. The molecular weight excluding hydrogens is 458 g/mol. The molecule has 3 aliphatic rings. The average molecular weight is 480 g/mol. The summed E-state index contributed by atoms with van der Waals surface area (Å²) in [6, 6.07) is 5.81. The molecule has 2 saturated heterocycles. The van der Waals surface area contributed by atoms with Crippen LogP contribution in [0.25, 0.3) is 20.4 Å². The van der Waals surface area contributed by atoms with Gasteiger partial charge in [-0.15, -0.1) is 11.3 Å². The van der Waals surface area contributed by atoms with Crippen LogP contribution in [-0.2, 0) is 22.4 Å². The van der Waals surface area contributed by atoms with Gasteiger partial charge in [0.25, 0.3) is 0 Å². The number of thiophene rings is 1. The summed E-state index contributed by atoms with van der Waals surface area (Å²) in [6.45, 7) is 3.29. The predicted molar refractivity (Wildman–Crippen MR) is 128 cm³/mol. The molecule has 0 unspecified atom stereocenters. The molecule has 3 aromatic heterocycles. The van der Waals surface area contributed by atoms with Gasteiger partial charge in [-0.25, -0.2) is 9.97 Å². The summed E-state index contributed by atoms with van der Waals surface area (Å²) in [5.41, 5.74) is 3.24. The van der Waals surface area contributed by atoms with Crippen LogP contribution in [-0.4, -0.2) is 52.1 Å². The molecule has 8 nitrogen and oxygen atoms in total. The van der Waals surface area contributed by atoms with Gasteiger partial charge in [0.15, 0.2) is 0 Å². The number of anilines is 2. The third-order valence-corrected chi connectivity index (χ3v) is 9.07. The summed E-state index contributed by atoms with van der Waals surface area (Å²) in [6.07, 6.45) is 4.07. The Balaban J connectivity index is 1.16. The van der Waals surface area contributed by atoms with Crippen LogP contribution in [0.2, 0.25) is 0 Å². The Morgan fingerprint density at radius 3 is 2.94 bits per heavy atom. The number of rotatable bonds is 3. The number of benzene rings is 1. The highest BCUT2D eigenvalue weighted by atomic mass is 32.1. The molecule has 1 spiro atoms. The molecule has 1 atom stereocenters. The second-order valence-electron chi connectivity index (χ2n) is 9.38. The van der Waals surface area contributed by atoms with Crippen molar-refractivity contribution < 1.29 is 9.53 Å². The second kappa shape index (κ2) is 7.09. The first kappa shape index (κ1) is 19.6. The molecule has 2 aliphatic heterocycles. The van der Waals surface area contributed by atoms with Crippen LogP contribution in [0, 0.1) is 11.3 Å². The number of nitrogens with one attached hydrogen (secondary N) is 2. The third-order valence-electron chi connectivity index (χ3n) is 7.06. The minimum atomic E-state index is -0.0583. The zero-order valence-corrected chi connectivity index (χ0v) is 19.4. The molecule has 0 bridgehead atoms. The number of carbonyl (C=O) groups excluding carboxylic acids is 1. The van der Waals surface area contributed by atoms with Crippen LogP contribution in [0.1, 0.15) is 16.9 Å². The number of likely N-dealkylation sites (tertiary alicyclic amines) is 1. The Morgan fingerprint density at radius 1 is 1.24 bits per heavy atom. The summed E-state index contributed by atoms with van der Waals surface area (Å²) in [5.74, 6) is 1.12. The molecule has 2 N–H and O–H groups in total. The predicted octanol–water partition coefficient (Wildman–Crippen LogP) is 3.30. The van der Waals surface area contributed by atoms with E-state index < -0.39 is 0 Å². The van der Waals surface area contributed by atoms with E-state index in [1.54, 1.807) is 17.7 Å². The van der Waals surface area contributed by atoms with Crippen molar-refractivity contribution >= 4 is 60.5 Å². The molecule has 10 heteroatoms. The van der Waals surface area contributed by atoms with Crippen molar-refractivity contribution in [2.75, 3.05) is 31.6 Å². The van der Waals surface area contributed by atoms with Gasteiger partial charge in [0.1, 0.15) is 17.0 Å². The number of ether oxygens (including phenoxy) is 1. The van der Waals surface area contributed by atoms with Crippen molar-refractivity contribution in [3.8, 4) is 0 Å². The van der Waals surface area contributed by atoms with E-state index >= 15 is 0 Å². The fourth-order valence-electron chi connectivity index (χ4n) is 5.33. The third kappa shape index (κ3) is 3.12. The number of nitrogens with zero attached hydrogens (tertiary/aromatic N) is 3. The summed E-state index contributed by atoms with van der Waals surface area (Å²) in [7, 11) is 0. The Kier molecular flexibility index (Phi) is 4.22. The van der Waals surface area contributed by atoms with Gasteiger partial charge in [0, 0.05) is 29.6 Å². The molecule has 0 saturated carbocycles. The normalized spacial score (nSPS) is 21.1. The molecule has 1 amide bonds. The van der Waals surface area contributed by atoms with Gasteiger partial charge < -0.3 is 19.9 Å². The maximum absolute atomic E-state index is 13.1. The van der Waals surface area contributed by atoms with Crippen molar-refractivity contribution in [1.82, 2.24) is 19.9 Å². The van der Waals surface area contributed by atoms with Crippen molar-refractivity contribution in [3.05, 3.63) is 44.6 Å². The van der Waals surface area contributed by atoms with Crippen molar-refractivity contribution in [2.24, 2.45) is 11.3 Å². The van der Waals surface area contributed by atoms with Crippen molar-refractivity contribution in [2.45, 2.75) is 19.3 Å². The fourth-order valence-corrected chi connectivity index (χ4v) is 7.37. The highest BCUT2D eigenvalue weighted by Crippen LogP contribution is 2.43. The number of aromatic nitrogens is 3. The molecule has 5 heterocycles. The summed E-state index contributed by atoms with van der Waals surface area (Å²) < 4.78 is 6.25. The topological polar surface area (TPSA) is 100 Å². The first-order valence-electron chi connectivity index (χ1n) is 11.1. The van der Waals surface area contributed by atoms with Crippen LogP contribution in [0.4, 0.5) is 11.5 Å². The maximum atomic E-state index is 13.1. The van der Waals surface area contributed by atoms with E-state index in [0.29, 0.717) is 5.91 Å². The van der Waals surface area contributed by atoms with Crippen LogP contribution in [0.15, 0.2) is 29.3 Å². The van der Waals surface area contributed by atoms with Gasteiger partial charge in [0.2, 0.25) is 5.91 Å². The van der Waals surface area contributed by atoms with E-state index in [1.165, 1.54) is 21.8 Å². The van der Waals surface area contributed by atoms with Crippen LogP contribution in [0.5, 0.6) is 0 Å². The van der Waals surface area contributed by atoms with E-state index in [9.17, 15) is 9.59 Å². The lowest BCUT2D eigenvalue weighted by Crippen LogP contribution is -2.68. The minimum Gasteiger partial charge on any atom is -0.380 e. The quantitative estimate of drug-likeness (QED) is 0.468. The van der Waals surface area contributed by atoms with Crippen molar-refractivity contribution in [3.63, 3.8) is 0 Å². The number of aryl methyl sites for hydroxylation is 1. The molecule has 0 radical (unpaired) electrons. The fraction of sp³-hybridized carbons (Fsp3) is 0.391. The van der Waals surface area contributed by atoms with E-state index in [4.69, 9.17) is 4.74 Å². The van der Waals surface area contributed by atoms with Crippen LogP contribution < -0.4 is 10.2 Å². The Hall–Kier alpha value is -2.82. The van der Waals surface area contributed by atoms with Crippen molar-refractivity contribution in [1.29, 1.82) is 0 Å². The average Bonchev–Trinajstić information content (AvgIpc) is 3.30. The van der Waals surface area contributed by atoms with E-state index in [2.05, 4.69) is 20.3 Å². The van der Waals surface area contributed by atoms with Gasteiger partial charge in [-0.05, 0) is 43.0 Å². The van der Waals surface area contributed by atoms with Gasteiger partial charge >= 0.3 is 4.87 Å². The van der Waals surface area contributed by atoms with E-state index in [1.807, 2.05) is 23.1 Å². The number of carbonyl (C=O) groups is 1. The first-order valence-corrected chi connectivity index (χ1v) is 12.7. The zero-order valence-electron chi connectivity index (χ0n) is 17.7. The van der Waals surface area contributed by atoms with Gasteiger partial charge in [-0.3, -0.25) is 9.59 Å². The molecule has 168 valence electrons. The molecular formula is C23H21N5O3S2. The molecule has 2 fully saturated rings. The molecule has 1 aliphatic carbocycles. The van der Waals surface area contributed by atoms with E-state index in [0.717, 1.165) is 77.5 Å². The second-order valence-corrected chi connectivity index (χ2v) is 11.5. The Labute approximate surface area is 196 Å². The van der Waals surface area contributed by atoms with Gasteiger partial charge in [0.05, 0.1) is 34.2 Å². The zero-order chi connectivity index (χ0) is 22.2. The number of H-pyrrole nitrogens is 1. The Morgan fingerprint density at radius 2 is 2.12 bits per heavy atom. The molecule has 4 aromatic rings. The van der Waals surface area contributed by atoms with E-state index in [-0.39, 0.29) is 16.2 Å². The van der Waals surface area contributed by atoms with Gasteiger partial charge in [-0.1, -0.05) is 11.3 Å². The standard InChI is InChI=1S/C23H21N5O3S2/c29-21(28-7-23(8-28)9-31-10-23)12-1-3-14-16(5-12)32-20-18(14)19(24-11-25-20)26-13-2-4-15-17(6-13)33-22(30)27-15/h2,4,6,11-12H,1,3,5,7-10H2,(H,27,30)(H,24,25,26)/t12-/m0/s1. The summed E-state index contributed by atoms with van der Waals surface area (Å²) in [5, 5.41) is 4.49. The minimum absolute atomic E-state index is 0.0482. The number of hydrogen-bond acceptors (Lipinski definition) is 8. The molecule has 33 heavy (non-hydrogen) atoms. The maximum Gasteiger partial charge on any atom is 0.305 e. The van der Waals surface area contributed by atoms with Crippen LogP contribution >= 0.6 is 22.7 Å². The smallest absolute Gasteiger partial charge is 0.305 e. The lowest BCUT2D eigenvalue weighted by Gasteiger charge is -2.55. The number of amides is 1. The highest BCUT2D eigenvalue weighted by Gasteiger charge is 2.51. The number of aromatic amines is 1. The number of fused-ring (bicyclic) bond motifs is 4. The first-order chi connectivity index (χ1) is 16.1. The monoisotopic (exact) mass is 479 g/mol. The lowest BCUT2D eigenvalue weighted by molar-refractivity contribution is -0.197. The van der Waals surface area contributed by atoms with Crippen LogP contribution in [0.3, 0.4) is 0 Å². The van der Waals surface area contributed by atoms with Gasteiger partial charge in [-0.2, -0.15) is 0 Å². The lowest BCUT2D eigenvalue weighted by atomic mass is 9.76. The highest BCUT2D eigenvalue weighted by molar-refractivity contribution is 7.19. The summed E-state index contributed by atoms with van der Waals surface area (Å²) in [4.78, 5) is 40.8. The number of hydrogen-bond donors (Lipinski definition) is 2. The number of thiazole rings is 1. The molecule has 7 rings (SSSR count). The molecule has 1 aromatic carbocycles.